The van der Waals surface area contributed by atoms with Gasteiger partial charge in [-0.25, -0.2) is 0 Å². The Kier molecular flexibility index (Phi) is 3.56. The number of halogens is 3. The van der Waals surface area contributed by atoms with Crippen molar-refractivity contribution in [1.29, 1.82) is 0 Å². The number of hydrogen-bond donors (Lipinski definition) is 1. The zero-order valence-electron chi connectivity index (χ0n) is 13.4. The molecule has 0 saturated carbocycles. The van der Waals surface area contributed by atoms with E-state index in [0.29, 0.717) is 23.3 Å². The van der Waals surface area contributed by atoms with Crippen molar-refractivity contribution in [2.45, 2.75) is 25.6 Å². The van der Waals surface area contributed by atoms with E-state index in [9.17, 15) is 13.2 Å². The highest BCUT2D eigenvalue weighted by Gasteiger charge is 2.31. The Morgan fingerprint density at radius 2 is 1.84 bits per heavy atom. The molecule has 128 valence electrons. The largest absolute Gasteiger partial charge is 0.455 e. The number of furan rings is 1. The summed E-state index contributed by atoms with van der Waals surface area (Å²) in [5.41, 5.74) is 5.56. The van der Waals surface area contributed by atoms with Gasteiger partial charge in [0.25, 0.3) is 0 Å². The molecule has 1 aliphatic heterocycles. The van der Waals surface area contributed by atoms with Crippen LogP contribution in [0.15, 0.2) is 58.0 Å². The maximum absolute atomic E-state index is 12.8. The fraction of sp³-hybridized carbons (Fsp3) is 0.211. The molecule has 4 rings (SSSR count). The summed E-state index contributed by atoms with van der Waals surface area (Å²) in [6.45, 7) is 2.03. The molecule has 1 aromatic heterocycles. The molecule has 0 saturated heterocycles. The fourth-order valence-electron chi connectivity index (χ4n) is 2.94. The number of fused-ring (bicyclic) bond motifs is 1. The van der Waals surface area contributed by atoms with Crippen LogP contribution in [0.4, 0.5) is 13.2 Å². The number of rotatable bonds is 2. The average Bonchev–Trinajstić information content (AvgIpc) is 3.20. The van der Waals surface area contributed by atoms with Gasteiger partial charge in [0.15, 0.2) is 5.76 Å². The minimum atomic E-state index is -4.38. The third-order valence-corrected chi connectivity index (χ3v) is 4.36. The fourth-order valence-corrected chi connectivity index (χ4v) is 2.94. The lowest BCUT2D eigenvalue weighted by Gasteiger charge is -2.09. The molecule has 2 heterocycles. The van der Waals surface area contributed by atoms with Crippen molar-refractivity contribution >= 4 is 16.7 Å². The Morgan fingerprint density at radius 1 is 1.08 bits per heavy atom. The molecule has 1 unspecified atom stereocenters. The predicted molar refractivity (Wildman–Crippen MR) is 89.4 cm³/mol. The van der Waals surface area contributed by atoms with E-state index in [1.54, 1.807) is 6.07 Å². The van der Waals surface area contributed by atoms with Crippen LogP contribution >= 0.6 is 0 Å². The van der Waals surface area contributed by atoms with Crippen LogP contribution in [0.1, 0.15) is 34.9 Å². The predicted octanol–water partition coefficient (Wildman–Crippen LogP) is 5.20. The number of aryl methyl sites for hydroxylation is 1. The van der Waals surface area contributed by atoms with Gasteiger partial charge in [0.1, 0.15) is 11.3 Å². The summed E-state index contributed by atoms with van der Waals surface area (Å²) in [5.74, 6) is 0.497. The Hall–Kier alpha value is -2.76. The first-order valence-electron chi connectivity index (χ1n) is 7.90. The molecule has 0 spiro atoms. The molecule has 0 aliphatic carbocycles. The number of benzene rings is 2. The summed E-state index contributed by atoms with van der Waals surface area (Å²) >= 11 is 0. The highest BCUT2D eigenvalue weighted by atomic mass is 19.4. The SMILES string of the molecule is Cc1ccc(C2CC(c3cc4ccc(C(F)(F)F)cc4o3)=NN2)cc1. The van der Waals surface area contributed by atoms with Crippen LogP contribution in [0.2, 0.25) is 0 Å². The van der Waals surface area contributed by atoms with Gasteiger partial charge in [-0.2, -0.15) is 18.3 Å². The summed E-state index contributed by atoms with van der Waals surface area (Å²) in [5, 5.41) is 4.93. The van der Waals surface area contributed by atoms with E-state index < -0.39 is 11.7 Å². The molecular weight excluding hydrogens is 329 g/mol. The van der Waals surface area contributed by atoms with E-state index in [1.807, 2.05) is 31.2 Å². The van der Waals surface area contributed by atoms with E-state index >= 15 is 0 Å². The standard InChI is InChI=1S/C19H15F3N2O/c1-11-2-4-12(5-3-11)15-10-16(24-23-15)18-8-13-6-7-14(19(20,21)22)9-17(13)25-18/h2-9,15,23H,10H2,1H3. The van der Waals surface area contributed by atoms with Gasteiger partial charge in [-0.3, -0.25) is 0 Å². The maximum Gasteiger partial charge on any atom is 0.416 e. The molecule has 1 atom stereocenters. The quantitative estimate of drug-likeness (QED) is 0.694. The molecule has 6 heteroatoms. The number of hydrogen-bond acceptors (Lipinski definition) is 3. The lowest BCUT2D eigenvalue weighted by molar-refractivity contribution is -0.137. The van der Waals surface area contributed by atoms with Gasteiger partial charge in [-0.15, -0.1) is 0 Å². The first kappa shape index (κ1) is 15.7. The summed E-state index contributed by atoms with van der Waals surface area (Å²) in [6, 6.07) is 13.4. The van der Waals surface area contributed by atoms with Crippen LogP contribution < -0.4 is 5.43 Å². The third-order valence-electron chi connectivity index (χ3n) is 4.36. The van der Waals surface area contributed by atoms with Crippen molar-refractivity contribution in [3.8, 4) is 0 Å². The van der Waals surface area contributed by atoms with Crippen molar-refractivity contribution in [3.63, 3.8) is 0 Å². The highest BCUT2D eigenvalue weighted by molar-refractivity contribution is 6.02. The van der Waals surface area contributed by atoms with Crippen molar-refractivity contribution in [2.75, 3.05) is 0 Å². The molecule has 25 heavy (non-hydrogen) atoms. The van der Waals surface area contributed by atoms with Gasteiger partial charge in [-0.1, -0.05) is 35.9 Å². The molecular formula is C19H15F3N2O. The number of alkyl halides is 3. The van der Waals surface area contributed by atoms with Crippen LogP contribution in [-0.4, -0.2) is 5.71 Å². The topological polar surface area (TPSA) is 37.5 Å². The van der Waals surface area contributed by atoms with E-state index in [1.165, 1.54) is 11.6 Å². The Labute approximate surface area is 142 Å². The van der Waals surface area contributed by atoms with Gasteiger partial charge >= 0.3 is 6.18 Å². The Bertz CT molecular complexity index is 955. The Morgan fingerprint density at radius 3 is 2.56 bits per heavy atom. The van der Waals surface area contributed by atoms with E-state index in [0.717, 1.165) is 17.7 Å². The summed E-state index contributed by atoms with van der Waals surface area (Å²) in [6.07, 6.45) is -3.76. The highest BCUT2D eigenvalue weighted by Crippen LogP contribution is 2.33. The number of nitrogens with zero attached hydrogens (tertiary/aromatic N) is 1. The molecule has 0 bridgehead atoms. The van der Waals surface area contributed by atoms with Crippen LogP contribution in [-0.2, 0) is 6.18 Å². The monoisotopic (exact) mass is 344 g/mol. The first-order chi connectivity index (χ1) is 11.9. The number of nitrogens with one attached hydrogen (secondary N) is 1. The second kappa shape index (κ2) is 5.65. The molecule has 0 fully saturated rings. The number of hydrazone groups is 1. The molecule has 1 aliphatic rings. The summed E-state index contributed by atoms with van der Waals surface area (Å²) in [7, 11) is 0. The van der Waals surface area contributed by atoms with Crippen molar-refractivity contribution < 1.29 is 17.6 Å². The average molecular weight is 344 g/mol. The lowest BCUT2D eigenvalue weighted by atomic mass is 10.0. The molecule has 3 aromatic rings. The molecule has 3 nitrogen and oxygen atoms in total. The second-order valence-corrected chi connectivity index (χ2v) is 6.22. The minimum absolute atomic E-state index is 0.0366. The minimum Gasteiger partial charge on any atom is -0.455 e. The Balaban J connectivity index is 1.59. The van der Waals surface area contributed by atoms with Crippen molar-refractivity contribution in [1.82, 2.24) is 5.43 Å². The van der Waals surface area contributed by atoms with Gasteiger partial charge in [0.2, 0.25) is 0 Å². The van der Waals surface area contributed by atoms with Gasteiger partial charge < -0.3 is 9.84 Å². The summed E-state index contributed by atoms with van der Waals surface area (Å²) in [4.78, 5) is 0. The van der Waals surface area contributed by atoms with E-state index in [4.69, 9.17) is 4.42 Å². The molecule has 0 amide bonds. The van der Waals surface area contributed by atoms with Gasteiger partial charge in [0, 0.05) is 11.8 Å². The van der Waals surface area contributed by atoms with Crippen LogP contribution in [0, 0.1) is 6.92 Å². The zero-order valence-corrected chi connectivity index (χ0v) is 13.4. The smallest absolute Gasteiger partial charge is 0.416 e. The van der Waals surface area contributed by atoms with Gasteiger partial charge in [-0.05, 0) is 30.7 Å². The van der Waals surface area contributed by atoms with Crippen molar-refractivity contribution in [3.05, 3.63) is 71.0 Å². The molecule has 2 aromatic carbocycles. The maximum atomic E-state index is 12.8. The molecule has 0 radical (unpaired) electrons. The summed E-state index contributed by atoms with van der Waals surface area (Å²) < 4.78 is 44.1. The van der Waals surface area contributed by atoms with E-state index in [-0.39, 0.29) is 11.6 Å². The van der Waals surface area contributed by atoms with Crippen LogP contribution in [0.25, 0.3) is 11.0 Å². The lowest BCUT2D eigenvalue weighted by Crippen LogP contribution is -2.09. The van der Waals surface area contributed by atoms with Crippen LogP contribution in [0.5, 0.6) is 0 Å². The van der Waals surface area contributed by atoms with E-state index in [2.05, 4.69) is 10.5 Å². The van der Waals surface area contributed by atoms with Crippen LogP contribution in [0.3, 0.4) is 0 Å². The zero-order chi connectivity index (χ0) is 17.6. The first-order valence-corrected chi connectivity index (χ1v) is 7.90. The van der Waals surface area contributed by atoms with Crippen molar-refractivity contribution in [2.24, 2.45) is 5.10 Å². The molecule has 1 N–H and O–H groups in total. The second-order valence-electron chi connectivity index (χ2n) is 6.22. The van der Waals surface area contributed by atoms with Gasteiger partial charge in [0.05, 0.1) is 11.6 Å². The normalized spacial score (nSPS) is 17.6. The third kappa shape index (κ3) is 2.99.